The summed E-state index contributed by atoms with van der Waals surface area (Å²) in [5, 5.41) is 2.59. The molecule has 2 aromatic rings. The molecule has 8 heteroatoms. The van der Waals surface area contributed by atoms with Crippen LogP contribution >= 0.6 is 0 Å². The molecule has 2 atom stereocenters. The Hall–Kier alpha value is -3.00. The van der Waals surface area contributed by atoms with Crippen LogP contribution in [0.3, 0.4) is 0 Å². The maximum absolute atomic E-state index is 13.5. The number of anilines is 1. The van der Waals surface area contributed by atoms with Crippen molar-refractivity contribution in [1.29, 1.82) is 0 Å². The summed E-state index contributed by atoms with van der Waals surface area (Å²) in [5.41, 5.74) is 6.63. The van der Waals surface area contributed by atoms with Gasteiger partial charge in [0.25, 0.3) is 5.91 Å². The molecule has 6 nitrogen and oxygen atoms in total. The summed E-state index contributed by atoms with van der Waals surface area (Å²) in [4.78, 5) is 24.9. The van der Waals surface area contributed by atoms with Crippen LogP contribution in [0.4, 0.5) is 14.5 Å². The largest absolute Gasteiger partial charge is 0.467 e. The highest BCUT2D eigenvalue weighted by atomic mass is 19.2. The van der Waals surface area contributed by atoms with E-state index in [1.54, 1.807) is 13.0 Å². The third-order valence-electron chi connectivity index (χ3n) is 4.30. The zero-order valence-corrected chi connectivity index (χ0v) is 17.6. The molecule has 2 aromatic carbocycles. The van der Waals surface area contributed by atoms with Gasteiger partial charge in [-0.15, -0.1) is 0 Å². The summed E-state index contributed by atoms with van der Waals surface area (Å²) in [5.74, 6) is -3.19. The van der Waals surface area contributed by atoms with Gasteiger partial charge in [-0.3, -0.25) is 4.79 Å². The predicted molar refractivity (Wildman–Crippen MR) is 110 cm³/mol. The summed E-state index contributed by atoms with van der Waals surface area (Å²) in [6, 6.07) is 6.90. The second-order valence-corrected chi connectivity index (χ2v) is 7.84. The summed E-state index contributed by atoms with van der Waals surface area (Å²) in [7, 11) is 1.22. The molecule has 0 spiro atoms. The molecule has 0 aliphatic carbocycles. The van der Waals surface area contributed by atoms with Crippen LogP contribution in [0.5, 0.6) is 0 Å². The minimum atomic E-state index is -1.05. The highest BCUT2D eigenvalue weighted by Gasteiger charge is 2.32. The predicted octanol–water partition coefficient (Wildman–Crippen LogP) is 3.69. The van der Waals surface area contributed by atoms with E-state index in [0.29, 0.717) is 11.1 Å². The van der Waals surface area contributed by atoms with Crippen molar-refractivity contribution in [2.24, 2.45) is 0 Å². The summed E-state index contributed by atoms with van der Waals surface area (Å²) in [6.07, 6.45) is -0.663. The molecule has 2 rings (SSSR count). The molecule has 162 valence electrons. The third kappa shape index (κ3) is 5.76. The fraction of sp³-hybridized carbons (Fsp3) is 0.364. The normalized spacial score (nSPS) is 13.4. The first-order valence-electron chi connectivity index (χ1n) is 9.34. The van der Waals surface area contributed by atoms with Crippen LogP contribution in [0, 0.1) is 11.6 Å². The molecule has 0 saturated heterocycles. The van der Waals surface area contributed by atoms with Crippen molar-refractivity contribution in [2.45, 2.75) is 45.4 Å². The Balaban J connectivity index is 2.26. The van der Waals surface area contributed by atoms with Crippen molar-refractivity contribution in [1.82, 2.24) is 5.32 Å². The molecule has 3 N–H and O–H groups in total. The van der Waals surface area contributed by atoms with Gasteiger partial charge in [-0.25, -0.2) is 13.6 Å². The molecule has 30 heavy (non-hydrogen) atoms. The molecule has 0 heterocycles. The third-order valence-corrected chi connectivity index (χ3v) is 4.30. The number of nitrogens with two attached hydrogens (primary N) is 1. The first-order chi connectivity index (χ1) is 13.9. The van der Waals surface area contributed by atoms with Crippen molar-refractivity contribution in [3.05, 3.63) is 53.6 Å². The quantitative estimate of drug-likeness (QED) is 0.550. The number of halogens is 2. The van der Waals surface area contributed by atoms with Crippen molar-refractivity contribution < 1.29 is 27.8 Å². The zero-order valence-electron chi connectivity index (χ0n) is 17.6. The highest BCUT2D eigenvalue weighted by molar-refractivity contribution is 6.01. The van der Waals surface area contributed by atoms with E-state index >= 15 is 0 Å². The van der Waals surface area contributed by atoms with Crippen molar-refractivity contribution in [2.75, 3.05) is 12.8 Å². The Morgan fingerprint density at radius 2 is 1.63 bits per heavy atom. The molecule has 0 aliphatic heterocycles. The fourth-order valence-electron chi connectivity index (χ4n) is 2.96. The average molecular weight is 420 g/mol. The monoisotopic (exact) mass is 420 g/mol. The Bertz CT molecular complexity index is 941. The molecule has 0 saturated carbocycles. The Morgan fingerprint density at radius 1 is 1.03 bits per heavy atom. The van der Waals surface area contributed by atoms with Crippen LogP contribution in [-0.4, -0.2) is 36.7 Å². The van der Waals surface area contributed by atoms with Gasteiger partial charge in [-0.05, 0) is 63.1 Å². The van der Waals surface area contributed by atoms with Crippen LogP contribution in [-0.2, 0) is 14.3 Å². The maximum atomic E-state index is 13.5. The number of rotatable bonds is 6. The highest BCUT2D eigenvalue weighted by Crippen LogP contribution is 2.26. The number of methoxy groups -OCH3 is 1. The standard InChI is InChI=1S/C22H26F2N2O4/c1-12(30-22(2,3)4)19(21(28)29-5)26-20(27)15-8-6-14(11-18(15)25)13-7-9-16(23)17(24)10-13/h6-12,19H,25H2,1-5H3,(H,26,27)/t12?,19-/m1/s1. The second kappa shape index (κ2) is 9.21. The molecular formula is C22H26F2N2O4. The van der Waals surface area contributed by atoms with E-state index in [1.165, 1.54) is 25.3 Å². The SMILES string of the molecule is COC(=O)[C@H](NC(=O)c1ccc(-c2ccc(F)c(F)c2)cc1N)C(C)OC(C)(C)C. The van der Waals surface area contributed by atoms with Gasteiger partial charge in [0.2, 0.25) is 0 Å². The van der Waals surface area contributed by atoms with Crippen LogP contribution in [0.2, 0.25) is 0 Å². The van der Waals surface area contributed by atoms with Crippen LogP contribution < -0.4 is 11.1 Å². The Morgan fingerprint density at radius 3 is 2.17 bits per heavy atom. The van der Waals surface area contributed by atoms with Crippen LogP contribution in [0.15, 0.2) is 36.4 Å². The van der Waals surface area contributed by atoms with E-state index in [-0.39, 0.29) is 11.3 Å². The molecule has 0 aromatic heterocycles. The minimum absolute atomic E-state index is 0.114. The average Bonchev–Trinajstić information content (AvgIpc) is 2.65. The number of nitrogens with one attached hydrogen (secondary N) is 1. The van der Waals surface area contributed by atoms with Gasteiger partial charge in [0.15, 0.2) is 17.7 Å². The molecule has 1 amide bonds. The number of ether oxygens (including phenoxy) is 2. The van der Waals surface area contributed by atoms with E-state index in [4.69, 9.17) is 15.2 Å². The van der Waals surface area contributed by atoms with E-state index in [2.05, 4.69) is 5.32 Å². The molecule has 0 aliphatic rings. The zero-order chi connectivity index (χ0) is 22.6. The maximum Gasteiger partial charge on any atom is 0.331 e. The van der Waals surface area contributed by atoms with Crippen LogP contribution in [0.1, 0.15) is 38.1 Å². The van der Waals surface area contributed by atoms with Crippen molar-refractivity contribution in [3.63, 3.8) is 0 Å². The number of carbonyl (C=O) groups excluding carboxylic acids is 2. The summed E-state index contributed by atoms with van der Waals surface area (Å²) in [6.45, 7) is 7.14. The number of hydrogen-bond donors (Lipinski definition) is 2. The van der Waals surface area contributed by atoms with Gasteiger partial charge in [0.1, 0.15) is 0 Å². The number of esters is 1. The topological polar surface area (TPSA) is 90.7 Å². The van der Waals surface area contributed by atoms with Gasteiger partial charge in [-0.2, -0.15) is 0 Å². The Kier molecular flexibility index (Phi) is 7.15. The number of hydrogen-bond acceptors (Lipinski definition) is 5. The number of carbonyl (C=O) groups is 2. The van der Waals surface area contributed by atoms with E-state index in [0.717, 1.165) is 12.1 Å². The van der Waals surface area contributed by atoms with Crippen molar-refractivity contribution >= 4 is 17.6 Å². The summed E-state index contributed by atoms with van der Waals surface area (Å²) >= 11 is 0. The first-order valence-corrected chi connectivity index (χ1v) is 9.34. The lowest BCUT2D eigenvalue weighted by Gasteiger charge is -2.30. The summed E-state index contributed by atoms with van der Waals surface area (Å²) < 4.78 is 37.2. The van der Waals surface area contributed by atoms with E-state index < -0.39 is 41.3 Å². The minimum Gasteiger partial charge on any atom is -0.467 e. The van der Waals surface area contributed by atoms with Crippen LogP contribution in [0.25, 0.3) is 11.1 Å². The van der Waals surface area contributed by atoms with Gasteiger partial charge < -0.3 is 20.5 Å². The number of nitrogen functional groups attached to an aromatic ring is 1. The smallest absolute Gasteiger partial charge is 0.331 e. The lowest BCUT2D eigenvalue weighted by Crippen LogP contribution is -2.51. The molecular weight excluding hydrogens is 394 g/mol. The van der Waals surface area contributed by atoms with Gasteiger partial charge in [0, 0.05) is 5.69 Å². The lowest BCUT2D eigenvalue weighted by molar-refractivity contribution is -0.150. The van der Waals surface area contributed by atoms with E-state index in [9.17, 15) is 18.4 Å². The molecule has 0 fully saturated rings. The number of amides is 1. The lowest BCUT2D eigenvalue weighted by atomic mass is 10.0. The molecule has 0 bridgehead atoms. The first kappa shape index (κ1) is 23.3. The Labute approximate surface area is 174 Å². The molecule has 1 unspecified atom stereocenters. The van der Waals surface area contributed by atoms with Crippen molar-refractivity contribution in [3.8, 4) is 11.1 Å². The van der Waals surface area contributed by atoms with Gasteiger partial charge in [-0.1, -0.05) is 12.1 Å². The number of benzene rings is 2. The molecule has 0 radical (unpaired) electrons. The second-order valence-electron chi connectivity index (χ2n) is 7.84. The van der Waals surface area contributed by atoms with Gasteiger partial charge >= 0.3 is 5.97 Å². The van der Waals surface area contributed by atoms with E-state index in [1.807, 2.05) is 20.8 Å². The fourth-order valence-corrected chi connectivity index (χ4v) is 2.96. The van der Waals surface area contributed by atoms with Gasteiger partial charge in [0.05, 0.1) is 24.4 Å².